The minimum absolute atomic E-state index is 0.229. The summed E-state index contributed by atoms with van der Waals surface area (Å²) in [5, 5.41) is 0. The van der Waals surface area contributed by atoms with Crippen LogP contribution in [0.15, 0.2) is 71.6 Å². The van der Waals surface area contributed by atoms with Crippen molar-refractivity contribution in [3.63, 3.8) is 0 Å². The first-order valence-corrected chi connectivity index (χ1v) is 10.00. The molecule has 5 nitrogen and oxygen atoms in total. The average Bonchev–Trinajstić information content (AvgIpc) is 2.67. The lowest BCUT2D eigenvalue weighted by Crippen LogP contribution is -2.31. The maximum Gasteiger partial charge on any atom is 0.241 e. The van der Waals surface area contributed by atoms with Crippen molar-refractivity contribution in [1.29, 1.82) is 0 Å². The van der Waals surface area contributed by atoms with Crippen molar-refractivity contribution < 1.29 is 17.9 Å². The molecule has 1 heterocycles. The van der Waals surface area contributed by atoms with Crippen molar-refractivity contribution in [2.24, 2.45) is 0 Å². The first-order chi connectivity index (χ1) is 13.0. The van der Waals surface area contributed by atoms with Crippen LogP contribution in [-0.4, -0.2) is 15.5 Å². The van der Waals surface area contributed by atoms with Gasteiger partial charge in [0.05, 0.1) is 18.0 Å². The van der Waals surface area contributed by atoms with Gasteiger partial charge in [0.15, 0.2) is 0 Å². The zero-order chi connectivity index (χ0) is 19.0. The van der Waals surface area contributed by atoms with Crippen LogP contribution in [-0.2, 0) is 10.0 Å². The van der Waals surface area contributed by atoms with E-state index in [2.05, 4.69) is 4.72 Å². The fraction of sp³-hybridized carbons (Fsp3) is 0.143. The van der Waals surface area contributed by atoms with E-state index < -0.39 is 16.1 Å². The number of methoxy groups -OCH3 is 1. The second-order valence-corrected chi connectivity index (χ2v) is 8.12. The van der Waals surface area contributed by atoms with Crippen LogP contribution in [0.4, 0.5) is 0 Å². The van der Waals surface area contributed by atoms with Crippen LogP contribution in [0, 0.1) is 6.92 Å². The Morgan fingerprint density at radius 3 is 2.37 bits per heavy atom. The number of benzene rings is 3. The summed E-state index contributed by atoms with van der Waals surface area (Å²) in [5.41, 5.74) is 2.51. The molecule has 0 aliphatic carbocycles. The third-order valence-electron chi connectivity index (χ3n) is 4.59. The summed E-state index contributed by atoms with van der Waals surface area (Å²) in [6, 6.07) is 19.0. The Morgan fingerprint density at radius 2 is 1.63 bits per heavy atom. The topological polar surface area (TPSA) is 64.6 Å². The smallest absolute Gasteiger partial charge is 0.241 e. The van der Waals surface area contributed by atoms with Crippen LogP contribution in [0.25, 0.3) is 0 Å². The summed E-state index contributed by atoms with van der Waals surface area (Å²) < 4.78 is 40.0. The van der Waals surface area contributed by atoms with Crippen LogP contribution in [0.1, 0.15) is 22.7 Å². The van der Waals surface area contributed by atoms with Gasteiger partial charge in [-0.3, -0.25) is 0 Å². The Kier molecular flexibility index (Phi) is 4.37. The standard InChI is InChI=1S/C21H19NO4S/c1-14-7-10-16(11-8-14)27(23,24)22-21-17-5-3-4-6-19(17)26-20-13-15(25-2)9-12-18(20)21/h3-13,21-22H,1-2H3. The molecule has 1 atom stereocenters. The van der Waals surface area contributed by atoms with Crippen molar-refractivity contribution in [1.82, 2.24) is 4.72 Å². The number of aryl methyl sites for hydroxylation is 1. The number of hydrogen-bond donors (Lipinski definition) is 1. The first-order valence-electron chi connectivity index (χ1n) is 8.51. The van der Waals surface area contributed by atoms with E-state index in [1.54, 1.807) is 43.5 Å². The van der Waals surface area contributed by atoms with E-state index in [0.29, 0.717) is 17.2 Å². The zero-order valence-electron chi connectivity index (χ0n) is 15.0. The highest BCUT2D eigenvalue weighted by Gasteiger charge is 2.31. The lowest BCUT2D eigenvalue weighted by molar-refractivity contribution is 0.402. The quantitative estimate of drug-likeness (QED) is 0.736. The lowest BCUT2D eigenvalue weighted by atomic mass is 9.95. The molecule has 138 valence electrons. The maximum absolute atomic E-state index is 13.0. The molecule has 1 aliphatic heterocycles. The van der Waals surface area contributed by atoms with Gasteiger partial charge < -0.3 is 9.47 Å². The monoisotopic (exact) mass is 381 g/mol. The number of rotatable bonds is 4. The molecule has 0 aromatic heterocycles. The van der Waals surface area contributed by atoms with Crippen molar-refractivity contribution >= 4 is 10.0 Å². The molecule has 0 spiro atoms. The van der Waals surface area contributed by atoms with Gasteiger partial charge in [0, 0.05) is 17.2 Å². The third-order valence-corrected chi connectivity index (χ3v) is 6.02. The predicted molar refractivity (Wildman–Crippen MR) is 103 cm³/mol. The minimum atomic E-state index is -3.71. The van der Waals surface area contributed by atoms with Gasteiger partial charge in [-0.15, -0.1) is 0 Å². The van der Waals surface area contributed by atoms with Gasteiger partial charge in [-0.1, -0.05) is 35.9 Å². The Hall–Kier alpha value is -2.83. The third kappa shape index (κ3) is 3.29. The molecule has 0 amide bonds. The number of para-hydroxylation sites is 1. The first kappa shape index (κ1) is 17.6. The van der Waals surface area contributed by atoms with Gasteiger partial charge >= 0.3 is 0 Å². The van der Waals surface area contributed by atoms with Crippen LogP contribution >= 0.6 is 0 Å². The summed E-state index contributed by atoms with van der Waals surface area (Å²) in [4.78, 5) is 0.229. The Morgan fingerprint density at radius 1 is 0.926 bits per heavy atom. The highest BCUT2D eigenvalue weighted by Crippen LogP contribution is 2.44. The molecule has 0 bridgehead atoms. The van der Waals surface area contributed by atoms with E-state index in [1.165, 1.54) is 0 Å². The second kappa shape index (κ2) is 6.72. The molecular formula is C21H19NO4S. The summed E-state index contributed by atoms with van der Waals surface area (Å²) in [5.74, 6) is 1.84. The molecule has 0 saturated heterocycles. The van der Waals surface area contributed by atoms with Gasteiger partial charge in [0.25, 0.3) is 0 Å². The van der Waals surface area contributed by atoms with Gasteiger partial charge in [-0.25, -0.2) is 8.42 Å². The average molecular weight is 381 g/mol. The van der Waals surface area contributed by atoms with E-state index >= 15 is 0 Å². The molecule has 3 aromatic carbocycles. The molecule has 1 N–H and O–H groups in total. The SMILES string of the molecule is COc1ccc2c(c1)Oc1ccccc1C2NS(=O)(=O)c1ccc(C)cc1. The van der Waals surface area contributed by atoms with Gasteiger partial charge in [-0.2, -0.15) is 4.72 Å². The van der Waals surface area contributed by atoms with Gasteiger partial charge in [-0.05, 0) is 37.3 Å². The summed E-state index contributed by atoms with van der Waals surface area (Å²) >= 11 is 0. The number of sulfonamides is 1. The molecule has 3 aromatic rings. The summed E-state index contributed by atoms with van der Waals surface area (Å²) in [6.07, 6.45) is 0. The highest BCUT2D eigenvalue weighted by molar-refractivity contribution is 7.89. The molecule has 4 rings (SSSR count). The van der Waals surface area contributed by atoms with E-state index in [4.69, 9.17) is 9.47 Å². The second-order valence-electron chi connectivity index (χ2n) is 6.41. The van der Waals surface area contributed by atoms with Crippen LogP contribution in [0.2, 0.25) is 0 Å². The predicted octanol–water partition coefficient (Wildman–Crippen LogP) is 4.18. The molecular weight excluding hydrogens is 362 g/mol. The summed E-state index contributed by atoms with van der Waals surface area (Å²) in [7, 11) is -2.14. The van der Waals surface area contributed by atoms with E-state index in [1.807, 2.05) is 37.3 Å². The van der Waals surface area contributed by atoms with Gasteiger partial charge in [0.1, 0.15) is 17.2 Å². The van der Waals surface area contributed by atoms with E-state index in [-0.39, 0.29) is 4.90 Å². The number of fused-ring (bicyclic) bond motifs is 2. The zero-order valence-corrected chi connectivity index (χ0v) is 15.8. The molecule has 6 heteroatoms. The van der Waals surface area contributed by atoms with Crippen LogP contribution in [0.3, 0.4) is 0 Å². The van der Waals surface area contributed by atoms with Crippen molar-refractivity contribution in [2.75, 3.05) is 7.11 Å². The molecule has 1 aliphatic rings. The van der Waals surface area contributed by atoms with Crippen molar-refractivity contribution in [3.8, 4) is 17.2 Å². The molecule has 0 radical (unpaired) electrons. The number of ether oxygens (including phenoxy) is 2. The largest absolute Gasteiger partial charge is 0.497 e. The Bertz CT molecular complexity index is 1090. The molecule has 0 fully saturated rings. The van der Waals surface area contributed by atoms with E-state index in [9.17, 15) is 8.42 Å². The van der Waals surface area contributed by atoms with Gasteiger partial charge in [0.2, 0.25) is 10.0 Å². The van der Waals surface area contributed by atoms with Crippen LogP contribution < -0.4 is 14.2 Å². The number of hydrogen-bond acceptors (Lipinski definition) is 4. The minimum Gasteiger partial charge on any atom is -0.497 e. The molecule has 0 saturated carbocycles. The summed E-state index contributed by atoms with van der Waals surface area (Å²) in [6.45, 7) is 1.92. The van der Waals surface area contributed by atoms with Crippen molar-refractivity contribution in [3.05, 3.63) is 83.4 Å². The number of nitrogens with one attached hydrogen (secondary N) is 1. The van der Waals surface area contributed by atoms with Crippen LogP contribution in [0.5, 0.6) is 17.2 Å². The lowest BCUT2D eigenvalue weighted by Gasteiger charge is -2.29. The fourth-order valence-corrected chi connectivity index (χ4v) is 4.33. The van der Waals surface area contributed by atoms with E-state index in [0.717, 1.165) is 16.7 Å². The maximum atomic E-state index is 13.0. The fourth-order valence-electron chi connectivity index (χ4n) is 3.13. The van der Waals surface area contributed by atoms with Crippen molar-refractivity contribution in [2.45, 2.75) is 17.9 Å². The Labute approximate surface area is 158 Å². The molecule has 1 unspecified atom stereocenters. The highest BCUT2D eigenvalue weighted by atomic mass is 32.2. The molecule has 27 heavy (non-hydrogen) atoms. The Balaban J connectivity index is 1.79. The normalized spacial score (nSPS) is 15.4.